The number of phosphoric acid groups is 1. The Labute approximate surface area is 344 Å². The number of rotatable bonds is 41. The first-order chi connectivity index (χ1) is 27.0. The molecule has 0 aliphatic heterocycles. The van der Waals surface area contributed by atoms with Crippen LogP contribution in [0.3, 0.4) is 0 Å². The first-order valence-corrected chi connectivity index (χ1v) is 23.9. The zero-order chi connectivity index (χ0) is 41.4. The number of quaternary nitrogens is 1. The molecule has 3 unspecified atom stereocenters. The fraction of sp³-hybridized carbons (Fsp3) is 0.804. The van der Waals surface area contributed by atoms with Gasteiger partial charge in [0, 0.05) is 13.0 Å². The number of hydrogen-bond acceptors (Lipinski definition) is 8. The van der Waals surface area contributed by atoms with Gasteiger partial charge in [-0.1, -0.05) is 159 Å². The van der Waals surface area contributed by atoms with Crippen LogP contribution in [0.5, 0.6) is 0 Å². The first kappa shape index (κ1) is 54.4. The lowest BCUT2D eigenvalue weighted by Gasteiger charge is -2.28. The summed E-state index contributed by atoms with van der Waals surface area (Å²) in [5.41, 5.74) is 0. The number of ether oxygens (including phenoxy) is 2. The summed E-state index contributed by atoms with van der Waals surface area (Å²) in [6.07, 6.45) is 43.0. The first-order valence-electron chi connectivity index (χ1n) is 22.5. The van der Waals surface area contributed by atoms with Gasteiger partial charge in [-0.2, -0.15) is 0 Å². The van der Waals surface area contributed by atoms with E-state index in [1.165, 1.54) is 96.3 Å². The molecule has 9 nitrogen and oxygen atoms in total. The molecule has 3 atom stereocenters. The molecule has 0 aliphatic carbocycles. The maximum Gasteiger partial charge on any atom is 0.306 e. The monoisotopic (exact) mass is 812 g/mol. The second-order valence-electron chi connectivity index (χ2n) is 16.3. The van der Waals surface area contributed by atoms with E-state index < -0.39 is 26.0 Å². The summed E-state index contributed by atoms with van der Waals surface area (Å²) in [6.45, 7) is 5.21. The van der Waals surface area contributed by atoms with E-state index in [1.807, 2.05) is 57.6 Å². The standard InChI is InChI=1S/C46H86NO8P/c1-6-8-10-12-14-15-16-17-18-19-20-21-24-27-31-35-40-52-42-45(43-54-56(50,51)53-41-39-47(3,4)5)55-46(49)38-34-30-26-23-22-25-29-33-37-44(48)36-32-28-13-11-9-7-2/h17-18,23,25-26,29,33,37,44-45,48H,6-16,19-22,24,27-28,30-32,34-36,38-43H2,1-5H3/b18-17-,26-23-,29-25-,37-33-. The fourth-order valence-electron chi connectivity index (χ4n) is 5.90. The van der Waals surface area contributed by atoms with E-state index in [4.69, 9.17) is 18.5 Å². The third kappa shape index (κ3) is 42.0. The number of likely N-dealkylation sites (N-methyl/N-ethyl adjacent to an activating group) is 1. The molecule has 0 saturated heterocycles. The van der Waals surface area contributed by atoms with Crippen LogP contribution < -0.4 is 4.89 Å². The van der Waals surface area contributed by atoms with Crippen molar-refractivity contribution in [2.75, 3.05) is 54.1 Å². The minimum atomic E-state index is -4.56. The quantitative estimate of drug-likeness (QED) is 0.0162. The molecule has 0 spiro atoms. The van der Waals surface area contributed by atoms with Crippen LogP contribution in [0, 0.1) is 0 Å². The Kier molecular flexibility index (Phi) is 37.8. The van der Waals surface area contributed by atoms with Crippen molar-refractivity contribution in [3.8, 4) is 0 Å². The summed E-state index contributed by atoms with van der Waals surface area (Å²) >= 11 is 0. The van der Waals surface area contributed by atoms with Gasteiger partial charge in [-0.15, -0.1) is 0 Å². The Morgan fingerprint density at radius 2 is 1.21 bits per heavy atom. The van der Waals surface area contributed by atoms with Crippen LogP contribution in [-0.2, 0) is 27.9 Å². The maximum atomic E-state index is 12.7. The molecule has 0 aliphatic rings. The van der Waals surface area contributed by atoms with Crippen LogP contribution in [0.4, 0.5) is 0 Å². The molecule has 1 N–H and O–H groups in total. The molecule has 56 heavy (non-hydrogen) atoms. The van der Waals surface area contributed by atoms with Crippen LogP contribution in [0.15, 0.2) is 48.6 Å². The number of esters is 1. The number of phosphoric ester groups is 1. The molecule has 0 radical (unpaired) electrons. The molecular formula is C46H86NO8P. The third-order valence-electron chi connectivity index (χ3n) is 9.46. The van der Waals surface area contributed by atoms with Crippen molar-refractivity contribution in [2.45, 2.75) is 187 Å². The smallest absolute Gasteiger partial charge is 0.306 e. The van der Waals surface area contributed by atoms with Crippen LogP contribution in [0.1, 0.15) is 174 Å². The molecule has 0 fully saturated rings. The number of carbonyl (C=O) groups excluding carboxylic acids is 1. The van der Waals surface area contributed by atoms with Gasteiger partial charge in [0.15, 0.2) is 0 Å². The van der Waals surface area contributed by atoms with Crippen LogP contribution in [0.25, 0.3) is 0 Å². The topological polar surface area (TPSA) is 114 Å². The molecule has 0 rings (SSSR count). The SMILES string of the molecule is CCCCCCCC/C=C\CCCCCCCCOCC(COP(=O)([O-])OCC[N+](C)(C)C)OC(=O)CCC/C=C\C/C=C\C=C/C(O)CCCCCCCC. The molecule has 10 heteroatoms. The molecule has 0 aromatic rings. The second kappa shape index (κ2) is 38.9. The van der Waals surface area contributed by atoms with Crippen molar-refractivity contribution in [1.29, 1.82) is 0 Å². The Balaban J connectivity index is 4.40. The Hall–Kier alpha value is -1.58. The maximum absolute atomic E-state index is 12.7. The van der Waals surface area contributed by atoms with Crippen molar-refractivity contribution in [1.82, 2.24) is 0 Å². The van der Waals surface area contributed by atoms with Gasteiger partial charge in [0.05, 0.1) is 40.5 Å². The summed E-state index contributed by atoms with van der Waals surface area (Å²) in [5.74, 6) is -0.413. The van der Waals surface area contributed by atoms with E-state index in [9.17, 15) is 19.4 Å². The van der Waals surface area contributed by atoms with Gasteiger partial charge in [-0.25, -0.2) is 0 Å². The lowest BCUT2D eigenvalue weighted by Crippen LogP contribution is -2.37. The highest BCUT2D eigenvalue weighted by Gasteiger charge is 2.20. The number of allylic oxidation sites excluding steroid dienone is 7. The van der Waals surface area contributed by atoms with E-state index >= 15 is 0 Å². The number of unbranched alkanes of at least 4 members (excludes halogenated alkanes) is 18. The number of aliphatic hydroxyl groups is 1. The summed E-state index contributed by atoms with van der Waals surface area (Å²) in [6, 6.07) is 0. The van der Waals surface area contributed by atoms with Crippen LogP contribution in [-0.4, -0.2) is 81.9 Å². The highest BCUT2D eigenvalue weighted by atomic mass is 31.2. The van der Waals surface area contributed by atoms with Gasteiger partial charge < -0.3 is 33.0 Å². The van der Waals surface area contributed by atoms with Crippen molar-refractivity contribution >= 4 is 13.8 Å². The largest absolute Gasteiger partial charge is 0.756 e. The highest BCUT2D eigenvalue weighted by molar-refractivity contribution is 7.45. The molecular weight excluding hydrogens is 725 g/mol. The third-order valence-corrected chi connectivity index (χ3v) is 10.4. The van der Waals surface area contributed by atoms with Crippen molar-refractivity contribution in [2.24, 2.45) is 0 Å². The fourth-order valence-corrected chi connectivity index (χ4v) is 6.63. The van der Waals surface area contributed by atoms with E-state index in [0.29, 0.717) is 24.1 Å². The van der Waals surface area contributed by atoms with Gasteiger partial charge in [-0.05, 0) is 57.8 Å². The van der Waals surface area contributed by atoms with Crippen LogP contribution in [0.2, 0.25) is 0 Å². The molecule has 0 heterocycles. The molecule has 0 aromatic heterocycles. The zero-order valence-electron chi connectivity index (χ0n) is 36.7. The van der Waals surface area contributed by atoms with E-state index in [-0.39, 0.29) is 26.2 Å². The summed E-state index contributed by atoms with van der Waals surface area (Å²) < 4.78 is 34.5. The summed E-state index contributed by atoms with van der Waals surface area (Å²) in [4.78, 5) is 25.0. The predicted octanol–water partition coefficient (Wildman–Crippen LogP) is 11.5. The zero-order valence-corrected chi connectivity index (χ0v) is 37.6. The second-order valence-corrected chi connectivity index (χ2v) is 17.7. The van der Waals surface area contributed by atoms with E-state index in [0.717, 1.165) is 51.4 Å². The van der Waals surface area contributed by atoms with E-state index in [2.05, 4.69) is 26.0 Å². The van der Waals surface area contributed by atoms with Gasteiger partial charge in [0.2, 0.25) is 0 Å². The Bertz CT molecular complexity index is 1050. The number of aliphatic hydroxyl groups excluding tert-OH is 1. The van der Waals surface area contributed by atoms with Gasteiger partial charge >= 0.3 is 5.97 Å². The summed E-state index contributed by atoms with van der Waals surface area (Å²) in [7, 11) is 1.28. The molecule has 0 aromatic carbocycles. The van der Waals surface area contributed by atoms with Crippen molar-refractivity contribution in [3.63, 3.8) is 0 Å². The van der Waals surface area contributed by atoms with Crippen molar-refractivity contribution < 1.29 is 42.4 Å². The lowest BCUT2D eigenvalue weighted by atomic mass is 10.1. The predicted molar refractivity (Wildman–Crippen MR) is 232 cm³/mol. The van der Waals surface area contributed by atoms with Gasteiger partial charge in [-0.3, -0.25) is 9.36 Å². The highest BCUT2D eigenvalue weighted by Crippen LogP contribution is 2.38. The minimum Gasteiger partial charge on any atom is -0.756 e. The molecule has 328 valence electrons. The van der Waals surface area contributed by atoms with Crippen molar-refractivity contribution in [3.05, 3.63) is 48.6 Å². The molecule has 0 amide bonds. The minimum absolute atomic E-state index is 0.00360. The number of carbonyl (C=O) groups is 1. The number of hydrogen-bond donors (Lipinski definition) is 1. The van der Waals surface area contributed by atoms with Gasteiger partial charge in [0.1, 0.15) is 19.3 Å². The van der Waals surface area contributed by atoms with Crippen LogP contribution >= 0.6 is 7.82 Å². The average Bonchev–Trinajstić information content (AvgIpc) is 3.14. The Morgan fingerprint density at radius 1 is 0.661 bits per heavy atom. The van der Waals surface area contributed by atoms with E-state index in [1.54, 1.807) is 0 Å². The normalized spacial score (nSPS) is 14.8. The number of nitrogens with zero attached hydrogens (tertiary/aromatic N) is 1. The average molecular weight is 812 g/mol. The molecule has 0 bridgehead atoms. The summed E-state index contributed by atoms with van der Waals surface area (Å²) in [5, 5.41) is 10.1. The molecule has 0 saturated carbocycles. The lowest BCUT2D eigenvalue weighted by molar-refractivity contribution is -0.870. The van der Waals surface area contributed by atoms with Gasteiger partial charge in [0.25, 0.3) is 7.82 Å². The Morgan fingerprint density at radius 3 is 1.84 bits per heavy atom.